The van der Waals surface area contributed by atoms with Gasteiger partial charge in [0.1, 0.15) is 5.75 Å². The Morgan fingerprint density at radius 3 is 2.31 bits per heavy atom. The lowest BCUT2D eigenvalue weighted by Gasteiger charge is -2.32. The lowest BCUT2D eigenvalue weighted by molar-refractivity contribution is 0.312. The van der Waals surface area contributed by atoms with E-state index in [9.17, 15) is 8.42 Å². The predicted molar refractivity (Wildman–Crippen MR) is 100 cm³/mol. The van der Waals surface area contributed by atoms with E-state index in [0.29, 0.717) is 12.4 Å². The minimum Gasteiger partial charge on any atom is -0.494 e. The van der Waals surface area contributed by atoms with Gasteiger partial charge in [0.2, 0.25) is 0 Å². The third-order valence-electron chi connectivity index (χ3n) is 4.16. The molecule has 0 aliphatic carbocycles. The fourth-order valence-corrected chi connectivity index (χ4v) is 3.66. The molecular formula is C17H23N5O3S. The lowest BCUT2D eigenvalue weighted by Crippen LogP contribution is -2.44. The first kappa shape index (κ1) is 18.4. The van der Waals surface area contributed by atoms with E-state index >= 15 is 0 Å². The fraction of sp³-hybridized carbons (Fsp3) is 0.412. The summed E-state index contributed by atoms with van der Waals surface area (Å²) in [4.78, 5) is 4.53. The molecule has 0 atom stereocenters. The average Bonchev–Trinajstić information content (AvgIpc) is 2.64. The Morgan fingerprint density at radius 2 is 1.73 bits per heavy atom. The van der Waals surface area contributed by atoms with E-state index in [1.807, 2.05) is 6.92 Å². The van der Waals surface area contributed by atoms with Gasteiger partial charge in [0.05, 0.1) is 11.5 Å². The highest BCUT2D eigenvalue weighted by atomic mass is 32.2. The van der Waals surface area contributed by atoms with Crippen LogP contribution in [0.15, 0.2) is 41.3 Å². The summed E-state index contributed by atoms with van der Waals surface area (Å²) in [6.07, 6.45) is 0. The van der Waals surface area contributed by atoms with Gasteiger partial charge in [0, 0.05) is 26.2 Å². The first-order chi connectivity index (χ1) is 12.5. The third-order valence-corrected chi connectivity index (χ3v) is 5.53. The van der Waals surface area contributed by atoms with Gasteiger partial charge in [-0.05, 0) is 50.4 Å². The second-order valence-electron chi connectivity index (χ2n) is 6.08. The van der Waals surface area contributed by atoms with Crippen LogP contribution in [0, 0.1) is 0 Å². The number of ether oxygens (including phenoxy) is 1. The molecule has 0 radical (unpaired) electrons. The van der Waals surface area contributed by atoms with Gasteiger partial charge in [-0.25, -0.2) is 8.42 Å². The van der Waals surface area contributed by atoms with Crippen LogP contribution in [0.5, 0.6) is 5.75 Å². The van der Waals surface area contributed by atoms with Crippen LogP contribution in [-0.4, -0.2) is 63.3 Å². The number of benzene rings is 1. The molecule has 1 aromatic carbocycles. The first-order valence-electron chi connectivity index (χ1n) is 8.51. The SMILES string of the molecule is CCOc1ccc(S(=O)(=O)Nc2ccc(N3CCN(C)CC3)nn2)cc1. The molecule has 1 saturated heterocycles. The molecule has 0 bridgehead atoms. The molecule has 9 heteroatoms. The zero-order valence-corrected chi connectivity index (χ0v) is 15.7. The van der Waals surface area contributed by atoms with E-state index in [4.69, 9.17) is 4.74 Å². The molecule has 2 aromatic rings. The molecular weight excluding hydrogens is 354 g/mol. The fourth-order valence-electron chi connectivity index (χ4n) is 2.66. The number of piperazine rings is 1. The molecule has 0 spiro atoms. The number of nitrogens with one attached hydrogen (secondary N) is 1. The minimum atomic E-state index is -3.72. The van der Waals surface area contributed by atoms with E-state index in [-0.39, 0.29) is 10.7 Å². The number of aromatic nitrogens is 2. The maximum Gasteiger partial charge on any atom is 0.263 e. The number of hydrogen-bond donors (Lipinski definition) is 1. The molecule has 1 aliphatic heterocycles. The predicted octanol–water partition coefficient (Wildman–Crippen LogP) is 1.43. The summed E-state index contributed by atoms with van der Waals surface area (Å²) in [7, 11) is -1.63. The van der Waals surface area contributed by atoms with Gasteiger partial charge < -0.3 is 14.5 Å². The number of nitrogens with zero attached hydrogens (tertiary/aromatic N) is 4. The Morgan fingerprint density at radius 1 is 1.04 bits per heavy atom. The standard InChI is InChI=1S/C17H23N5O3S/c1-3-25-14-4-6-15(7-5-14)26(23,24)20-16-8-9-17(19-18-16)22-12-10-21(2)11-13-22/h4-9H,3,10-13H2,1-2H3,(H,18,20). The summed E-state index contributed by atoms with van der Waals surface area (Å²) in [6, 6.07) is 9.67. The Kier molecular flexibility index (Phi) is 5.58. The molecule has 2 heterocycles. The second-order valence-corrected chi connectivity index (χ2v) is 7.76. The molecule has 0 saturated carbocycles. The molecule has 1 N–H and O–H groups in total. The molecule has 8 nitrogen and oxygen atoms in total. The molecule has 26 heavy (non-hydrogen) atoms. The van der Waals surface area contributed by atoms with Gasteiger partial charge in [0.25, 0.3) is 10.0 Å². The molecule has 0 unspecified atom stereocenters. The van der Waals surface area contributed by atoms with Gasteiger partial charge >= 0.3 is 0 Å². The highest BCUT2D eigenvalue weighted by Gasteiger charge is 2.18. The quantitative estimate of drug-likeness (QED) is 0.815. The van der Waals surface area contributed by atoms with Gasteiger partial charge in [-0.15, -0.1) is 10.2 Å². The summed E-state index contributed by atoms with van der Waals surface area (Å²) in [5, 5.41) is 8.16. The van der Waals surface area contributed by atoms with Crippen LogP contribution < -0.4 is 14.4 Å². The van der Waals surface area contributed by atoms with Crippen molar-refractivity contribution in [3.63, 3.8) is 0 Å². The molecule has 0 amide bonds. The van der Waals surface area contributed by atoms with E-state index in [2.05, 4.69) is 31.8 Å². The van der Waals surface area contributed by atoms with Gasteiger partial charge in [0.15, 0.2) is 11.6 Å². The topological polar surface area (TPSA) is 87.7 Å². The average molecular weight is 377 g/mol. The number of anilines is 2. The maximum atomic E-state index is 12.5. The largest absolute Gasteiger partial charge is 0.494 e. The zero-order chi connectivity index (χ0) is 18.6. The van der Waals surface area contributed by atoms with Crippen molar-refractivity contribution in [1.82, 2.24) is 15.1 Å². The molecule has 140 valence electrons. The Hall–Kier alpha value is -2.39. The Balaban J connectivity index is 1.67. The number of likely N-dealkylation sites (N-methyl/N-ethyl adjacent to an activating group) is 1. The van der Waals surface area contributed by atoms with Crippen molar-refractivity contribution in [1.29, 1.82) is 0 Å². The number of rotatable bonds is 6. The smallest absolute Gasteiger partial charge is 0.263 e. The first-order valence-corrected chi connectivity index (χ1v) is 9.99. The van der Waals surface area contributed by atoms with Gasteiger partial charge in [-0.3, -0.25) is 4.72 Å². The summed E-state index contributed by atoms with van der Waals surface area (Å²) < 4.78 is 32.7. The molecule has 1 aromatic heterocycles. The summed E-state index contributed by atoms with van der Waals surface area (Å²) in [5.74, 6) is 1.57. The number of hydrogen-bond acceptors (Lipinski definition) is 7. The Labute approximate surface area is 153 Å². The highest BCUT2D eigenvalue weighted by molar-refractivity contribution is 7.92. The number of sulfonamides is 1. The van der Waals surface area contributed by atoms with Crippen LogP contribution in [0.1, 0.15) is 6.92 Å². The van der Waals surface area contributed by atoms with E-state index in [1.165, 1.54) is 12.1 Å². The van der Waals surface area contributed by atoms with Crippen LogP contribution in [0.4, 0.5) is 11.6 Å². The van der Waals surface area contributed by atoms with Crippen molar-refractivity contribution in [2.45, 2.75) is 11.8 Å². The minimum absolute atomic E-state index is 0.144. The van der Waals surface area contributed by atoms with Crippen LogP contribution in [0.2, 0.25) is 0 Å². The van der Waals surface area contributed by atoms with Crippen molar-refractivity contribution in [2.24, 2.45) is 0 Å². The van der Waals surface area contributed by atoms with E-state index in [1.54, 1.807) is 24.3 Å². The van der Waals surface area contributed by atoms with Gasteiger partial charge in [-0.2, -0.15) is 0 Å². The Bertz CT molecular complexity index is 816. The van der Waals surface area contributed by atoms with E-state index < -0.39 is 10.0 Å². The zero-order valence-electron chi connectivity index (χ0n) is 14.9. The summed E-state index contributed by atoms with van der Waals surface area (Å²) in [6.45, 7) is 6.09. The van der Waals surface area contributed by atoms with Crippen LogP contribution in [0.25, 0.3) is 0 Å². The van der Waals surface area contributed by atoms with Gasteiger partial charge in [-0.1, -0.05) is 0 Å². The second kappa shape index (κ2) is 7.88. The highest BCUT2D eigenvalue weighted by Crippen LogP contribution is 2.19. The molecule has 3 rings (SSSR count). The molecule has 1 aliphatic rings. The summed E-state index contributed by atoms with van der Waals surface area (Å²) >= 11 is 0. The van der Waals surface area contributed by atoms with Crippen molar-refractivity contribution in [2.75, 3.05) is 49.5 Å². The van der Waals surface area contributed by atoms with Crippen molar-refractivity contribution < 1.29 is 13.2 Å². The maximum absolute atomic E-state index is 12.5. The van der Waals surface area contributed by atoms with Crippen LogP contribution >= 0.6 is 0 Å². The van der Waals surface area contributed by atoms with Crippen LogP contribution in [-0.2, 0) is 10.0 Å². The lowest BCUT2D eigenvalue weighted by atomic mass is 10.3. The summed E-state index contributed by atoms with van der Waals surface area (Å²) in [5.41, 5.74) is 0. The third kappa shape index (κ3) is 4.41. The van der Waals surface area contributed by atoms with E-state index in [0.717, 1.165) is 32.0 Å². The monoisotopic (exact) mass is 377 g/mol. The van der Waals surface area contributed by atoms with Crippen molar-refractivity contribution in [3.05, 3.63) is 36.4 Å². The molecule has 1 fully saturated rings. The van der Waals surface area contributed by atoms with Crippen molar-refractivity contribution >= 4 is 21.7 Å². The van der Waals surface area contributed by atoms with Crippen LogP contribution in [0.3, 0.4) is 0 Å². The normalized spacial score (nSPS) is 15.7. The van der Waals surface area contributed by atoms with Crippen molar-refractivity contribution in [3.8, 4) is 5.75 Å².